The lowest BCUT2D eigenvalue weighted by atomic mass is 10.1. The second kappa shape index (κ2) is 11.2. The van der Waals surface area contributed by atoms with Crippen LogP contribution in [0.25, 0.3) is 11.0 Å². The van der Waals surface area contributed by atoms with E-state index in [-0.39, 0.29) is 5.91 Å². The van der Waals surface area contributed by atoms with Gasteiger partial charge >= 0.3 is 0 Å². The van der Waals surface area contributed by atoms with Gasteiger partial charge in [0.15, 0.2) is 0 Å². The number of para-hydroxylation sites is 2. The number of aryl methyl sites for hydroxylation is 2. The number of carbonyl (C=O) groups is 1. The number of halogens is 1. The molecule has 0 saturated heterocycles. The first kappa shape index (κ1) is 23.8. The van der Waals surface area contributed by atoms with Gasteiger partial charge in [0.25, 0.3) is 5.91 Å². The molecule has 1 aromatic heterocycles. The lowest BCUT2D eigenvalue weighted by Gasteiger charge is -2.12. The first-order valence-corrected chi connectivity index (χ1v) is 12.1. The van der Waals surface area contributed by atoms with E-state index in [0.717, 1.165) is 42.0 Å². The Kier molecular flexibility index (Phi) is 7.86. The molecule has 6 heteroatoms. The Labute approximate surface area is 205 Å². The third-order valence-electron chi connectivity index (χ3n) is 6.04. The van der Waals surface area contributed by atoms with Crippen LogP contribution in [-0.4, -0.2) is 28.6 Å². The molecule has 1 N–H and O–H groups in total. The molecule has 0 radical (unpaired) electrons. The van der Waals surface area contributed by atoms with Crippen LogP contribution in [0.15, 0.2) is 66.7 Å². The summed E-state index contributed by atoms with van der Waals surface area (Å²) < 4.78 is 8.28. The average Bonchev–Trinajstić information content (AvgIpc) is 3.18. The second-order valence-electron chi connectivity index (χ2n) is 8.44. The predicted octanol–water partition coefficient (Wildman–Crippen LogP) is 6.14. The monoisotopic (exact) mass is 475 g/mol. The van der Waals surface area contributed by atoms with Gasteiger partial charge in [0, 0.05) is 30.1 Å². The van der Waals surface area contributed by atoms with Crippen molar-refractivity contribution in [3.8, 4) is 5.75 Å². The smallest absolute Gasteiger partial charge is 0.251 e. The largest absolute Gasteiger partial charge is 0.493 e. The highest BCUT2D eigenvalue weighted by atomic mass is 35.5. The Bertz CT molecular complexity index is 1280. The maximum Gasteiger partial charge on any atom is 0.251 e. The van der Waals surface area contributed by atoms with Crippen LogP contribution in [0, 0.1) is 13.8 Å². The van der Waals surface area contributed by atoms with Crippen molar-refractivity contribution in [3.63, 3.8) is 0 Å². The Morgan fingerprint density at radius 1 is 1.03 bits per heavy atom. The lowest BCUT2D eigenvalue weighted by molar-refractivity contribution is 0.0954. The van der Waals surface area contributed by atoms with Crippen LogP contribution in [0.4, 0.5) is 0 Å². The number of hydrogen-bond donors (Lipinski definition) is 1. The SMILES string of the molecule is Cc1cccc(OCCCCn2c(CCNC(=O)c3cccc(Cl)c3)nc3ccccc32)c1C. The maximum absolute atomic E-state index is 12.4. The van der Waals surface area contributed by atoms with Crippen molar-refractivity contribution in [1.29, 1.82) is 0 Å². The van der Waals surface area contributed by atoms with Gasteiger partial charge in [-0.1, -0.05) is 41.9 Å². The van der Waals surface area contributed by atoms with Gasteiger partial charge in [0.1, 0.15) is 11.6 Å². The summed E-state index contributed by atoms with van der Waals surface area (Å²) in [5, 5.41) is 3.53. The second-order valence-corrected chi connectivity index (χ2v) is 8.87. The summed E-state index contributed by atoms with van der Waals surface area (Å²) in [5.41, 5.74) is 5.10. The predicted molar refractivity (Wildman–Crippen MR) is 138 cm³/mol. The molecule has 5 nitrogen and oxygen atoms in total. The highest BCUT2D eigenvalue weighted by molar-refractivity contribution is 6.30. The highest BCUT2D eigenvalue weighted by Crippen LogP contribution is 2.21. The Balaban J connectivity index is 1.34. The molecule has 0 saturated carbocycles. The van der Waals surface area contributed by atoms with Crippen LogP contribution < -0.4 is 10.1 Å². The third-order valence-corrected chi connectivity index (χ3v) is 6.28. The molecule has 0 aliphatic heterocycles. The molecule has 1 heterocycles. The minimum Gasteiger partial charge on any atom is -0.493 e. The van der Waals surface area contributed by atoms with Gasteiger partial charge in [-0.3, -0.25) is 4.79 Å². The number of aromatic nitrogens is 2. The van der Waals surface area contributed by atoms with E-state index in [4.69, 9.17) is 21.3 Å². The standard InChI is InChI=1S/C28H30ClN3O2/c1-20-9-7-14-26(21(20)2)34-18-6-5-17-32-25-13-4-3-12-24(25)31-27(32)15-16-30-28(33)22-10-8-11-23(29)19-22/h3-4,7-14,19H,5-6,15-18H2,1-2H3,(H,30,33). The fourth-order valence-corrected chi connectivity index (χ4v) is 4.21. The summed E-state index contributed by atoms with van der Waals surface area (Å²) in [6.07, 6.45) is 2.58. The first-order valence-electron chi connectivity index (χ1n) is 11.7. The number of rotatable bonds is 10. The van der Waals surface area contributed by atoms with E-state index in [1.54, 1.807) is 24.3 Å². The number of hydrogen-bond acceptors (Lipinski definition) is 3. The van der Waals surface area contributed by atoms with E-state index in [1.807, 2.05) is 30.3 Å². The first-order chi connectivity index (χ1) is 16.5. The average molecular weight is 476 g/mol. The topological polar surface area (TPSA) is 56.1 Å². The highest BCUT2D eigenvalue weighted by Gasteiger charge is 2.12. The molecular formula is C28H30ClN3O2. The van der Waals surface area contributed by atoms with Crippen molar-refractivity contribution in [3.05, 3.63) is 94.3 Å². The normalized spacial score (nSPS) is 11.0. The van der Waals surface area contributed by atoms with Crippen LogP contribution >= 0.6 is 11.6 Å². The zero-order valence-corrected chi connectivity index (χ0v) is 20.4. The molecule has 0 fully saturated rings. The molecule has 34 heavy (non-hydrogen) atoms. The van der Waals surface area contributed by atoms with Gasteiger partial charge in [-0.05, 0) is 74.2 Å². The van der Waals surface area contributed by atoms with Crippen LogP contribution in [0.1, 0.15) is 40.2 Å². The van der Waals surface area contributed by atoms with Crippen LogP contribution in [0.5, 0.6) is 5.75 Å². The molecule has 1 amide bonds. The van der Waals surface area contributed by atoms with Gasteiger partial charge in [-0.15, -0.1) is 0 Å². The molecule has 0 spiro atoms. The van der Waals surface area contributed by atoms with Gasteiger partial charge in [0.05, 0.1) is 17.6 Å². The van der Waals surface area contributed by atoms with Crippen LogP contribution in [-0.2, 0) is 13.0 Å². The number of unbranched alkanes of at least 4 members (excludes halogenated alkanes) is 1. The van der Waals surface area contributed by atoms with Crippen LogP contribution in [0.2, 0.25) is 5.02 Å². The zero-order chi connectivity index (χ0) is 23.9. The fourth-order valence-electron chi connectivity index (χ4n) is 4.02. The van der Waals surface area contributed by atoms with E-state index in [1.165, 1.54) is 11.1 Å². The molecule has 0 aliphatic rings. The molecule has 4 aromatic rings. The van der Waals surface area contributed by atoms with Gasteiger partial charge in [0.2, 0.25) is 0 Å². The summed E-state index contributed by atoms with van der Waals surface area (Å²) in [7, 11) is 0. The quantitative estimate of drug-likeness (QED) is 0.280. The van der Waals surface area contributed by atoms with Crippen molar-refractivity contribution in [1.82, 2.24) is 14.9 Å². The van der Waals surface area contributed by atoms with E-state index >= 15 is 0 Å². The molecular weight excluding hydrogens is 446 g/mol. The molecule has 0 aliphatic carbocycles. The van der Waals surface area contributed by atoms with Crippen molar-refractivity contribution in [2.24, 2.45) is 0 Å². The van der Waals surface area contributed by atoms with E-state index < -0.39 is 0 Å². The lowest BCUT2D eigenvalue weighted by Crippen LogP contribution is -2.26. The van der Waals surface area contributed by atoms with Crippen molar-refractivity contribution >= 4 is 28.5 Å². The fraction of sp³-hybridized carbons (Fsp3) is 0.286. The number of nitrogens with one attached hydrogen (secondary N) is 1. The van der Waals surface area contributed by atoms with Gasteiger partial charge < -0.3 is 14.6 Å². The summed E-state index contributed by atoms with van der Waals surface area (Å²) >= 11 is 6.00. The van der Waals surface area contributed by atoms with E-state index in [2.05, 4.69) is 35.9 Å². The molecule has 4 rings (SSSR count). The summed E-state index contributed by atoms with van der Waals surface area (Å²) in [6.45, 7) is 6.24. The zero-order valence-electron chi connectivity index (χ0n) is 19.7. The Morgan fingerprint density at radius 2 is 1.85 bits per heavy atom. The third kappa shape index (κ3) is 5.78. The van der Waals surface area contributed by atoms with E-state index in [0.29, 0.717) is 30.2 Å². The maximum atomic E-state index is 12.4. The molecule has 0 atom stereocenters. The Hall–Kier alpha value is -3.31. The Morgan fingerprint density at radius 3 is 2.71 bits per heavy atom. The number of carbonyl (C=O) groups excluding carboxylic acids is 1. The molecule has 0 bridgehead atoms. The molecule has 0 unspecified atom stereocenters. The minimum absolute atomic E-state index is 0.131. The minimum atomic E-state index is -0.131. The van der Waals surface area contributed by atoms with Gasteiger partial charge in [-0.2, -0.15) is 0 Å². The van der Waals surface area contributed by atoms with Crippen molar-refractivity contribution in [2.75, 3.05) is 13.2 Å². The number of fused-ring (bicyclic) bond motifs is 1. The van der Waals surface area contributed by atoms with E-state index in [9.17, 15) is 4.79 Å². The summed E-state index contributed by atoms with van der Waals surface area (Å²) in [6, 6.07) is 21.3. The number of benzene rings is 3. The number of ether oxygens (including phenoxy) is 1. The number of imidazole rings is 1. The number of nitrogens with zero attached hydrogens (tertiary/aromatic N) is 2. The summed E-state index contributed by atoms with van der Waals surface area (Å²) in [5.74, 6) is 1.81. The van der Waals surface area contributed by atoms with Gasteiger partial charge in [-0.25, -0.2) is 4.98 Å². The molecule has 3 aromatic carbocycles. The number of amides is 1. The van der Waals surface area contributed by atoms with Crippen LogP contribution in [0.3, 0.4) is 0 Å². The summed E-state index contributed by atoms with van der Waals surface area (Å²) in [4.78, 5) is 17.3. The molecule has 176 valence electrons. The van der Waals surface area contributed by atoms with Crippen molar-refractivity contribution in [2.45, 2.75) is 39.7 Å². The van der Waals surface area contributed by atoms with Crippen molar-refractivity contribution < 1.29 is 9.53 Å².